The molecule has 0 aromatic heterocycles. The number of hydrogen-bond acceptors (Lipinski definition) is 4. The van der Waals surface area contributed by atoms with Crippen LogP contribution < -0.4 is 0 Å². The van der Waals surface area contributed by atoms with E-state index in [2.05, 4.69) is 0 Å². The molecule has 0 amide bonds. The summed E-state index contributed by atoms with van der Waals surface area (Å²) in [5, 5.41) is 9.83. The second kappa shape index (κ2) is 4.38. The first-order chi connectivity index (χ1) is 8.25. The summed E-state index contributed by atoms with van der Waals surface area (Å²) in [5.41, 5.74) is 0.973. The average Bonchev–Trinajstić information content (AvgIpc) is 2.81. The van der Waals surface area contributed by atoms with Crippen LogP contribution in [0.1, 0.15) is 18.8 Å². The van der Waals surface area contributed by atoms with Crippen molar-refractivity contribution in [3.05, 3.63) is 35.9 Å². The van der Waals surface area contributed by atoms with Crippen LogP contribution in [-0.2, 0) is 14.2 Å². The molecular weight excluding hydrogens is 220 g/mol. The quantitative estimate of drug-likeness (QED) is 0.797. The molecule has 1 aromatic carbocycles. The molecular formula is C13H16O4. The number of benzene rings is 1. The van der Waals surface area contributed by atoms with Crippen molar-refractivity contribution in [3.8, 4) is 0 Å². The zero-order valence-corrected chi connectivity index (χ0v) is 9.65. The van der Waals surface area contributed by atoms with Gasteiger partial charge in [-0.15, -0.1) is 0 Å². The smallest absolute Gasteiger partial charge is 0.184 e. The van der Waals surface area contributed by atoms with Crippen molar-refractivity contribution in [1.82, 2.24) is 0 Å². The SMILES string of the molecule is CC1OC[C@H](O)C2O[C@@H](c3ccccc3)OC12. The lowest BCUT2D eigenvalue weighted by atomic mass is 10.0. The van der Waals surface area contributed by atoms with Crippen LogP contribution in [0.5, 0.6) is 0 Å². The zero-order chi connectivity index (χ0) is 11.8. The lowest BCUT2D eigenvalue weighted by Crippen LogP contribution is -2.50. The van der Waals surface area contributed by atoms with Crippen LogP contribution in [-0.4, -0.2) is 36.1 Å². The van der Waals surface area contributed by atoms with Crippen molar-refractivity contribution in [3.63, 3.8) is 0 Å². The van der Waals surface area contributed by atoms with Crippen molar-refractivity contribution in [2.75, 3.05) is 6.61 Å². The summed E-state index contributed by atoms with van der Waals surface area (Å²) in [6.45, 7) is 2.26. The van der Waals surface area contributed by atoms with Crippen LogP contribution in [0.2, 0.25) is 0 Å². The summed E-state index contributed by atoms with van der Waals surface area (Å²) in [4.78, 5) is 0. The molecule has 2 fully saturated rings. The zero-order valence-electron chi connectivity index (χ0n) is 9.65. The van der Waals surface area contributed by atoms with Gasteiger partial charge in [0.15, 0.2) is 6.29 Å². The molecule has 2 heterocycles. The van der Waals surface area contributed by atoms with Crippen LogP contribution in [0.3, 0.4) is 0 Å². The van der Waals surface area contributed by atoms with Crippen molar-refractivity contribution in [2.24, 2.45) is 0 Å². The van der Waals surface area contributed by atoms with E-state index < -0.39 is 12.4 Å². The monoisotopic (exact) mass is 236 g/mol. The third-order valence-electron chi connectivity index (χ3n) is 3.33. The Bertz CT molecular complexity index is 362. The summed E-state index contributed by atoms with van der Waals surface area (Å²) < 4.78 is 17.0. The highest BCUT2D eigenvalue weighted by Crippen LogP contribution is 2.36. The summed E-state index contributed by atoms with van der Waals surface area (Å²) in [6, 6.07) is 9.76. The van der Waals surface area contributed by atoms with E-state index >= 15 is 0 Å². The second-order valence-electron chi connectivity index (χ2n) is 4.55. The maximum absolute atomic E-state index is 9.83. The van der Waals surface area contributed by atoms with E-state index in [1.807, 2.05) is 37.3 Å². The maximum Gasteiger partial charge on any atom is 0.184 e. The molecule has 2 aliphatic heterocycles. The minimum absolute atomic E-state index is 0.0443. The van der Waals surface area contributed by atoms with E-state index in [1.54, 1.807) is 0 Å². The van der Waals surface area contributed by atoms with Gasteiger partial charge in [-0.3, -0.25) is 0 Å². The fourth-order valence-corrected chi connectivity index (χ4v) is 2.37. The van der Waals surface area contributed by atoms with Gasteiger partial charge in [-0.05, 0) is 6.92 Å². The molecule has 0 bridgehead atoms. The summed E-state index contributed by atoms with van der Waals surface area (Å²) in [6.07, 6.45) is -1.53. The fourth-order valence-electron chi connectivity index (χ4n) is 2.37. The molecule has 0 aliphatic carbocycles. The van der Waals surface area contributed by atoms with Crippen LogP contribution in [0.4, 0.5) is 0 Å². The fraction of sp³-hybridized carbons (Fsp3) is 0.538. The number of aliphatic hydroxyl groups is 1. The Kier molecular flexibility index (Phi) is 2.88. The first-order valence-corrected chi connectivity index (χ1v) is 5.91. The van der Waals surface area contributed by atoms with Crippen molar-refractivity contribution < 1.29 is 19.3 Å². The molecule has 2 saturated heterocycles. The maximum atomic E-state index is 9.83. The van der Waals surface area contributed by atoms with Gasteiger partial charge in [0, 0.05) is 5.56 Å². The van der Waals surface area contributed by atoms with E-state index in [-0.39, 0.29) is 18.3 Å². The summed E-state index contributed by atoms with van der Waals surface area (Å²) >= 11 is 0. The number of hydrogen-bond donors (Lipinski definition) is 1. The standard InChI is InChI=1S/C13H16O4/c1-8-11-12(10(14)7-15-8)17-13(16-11)9-5-3-2-4-6-9/h2-6,8,10-14H,7H2,1H3/t8?,10-,11?,12?,13-/m0/s1. The minimum Gasteiger partial charge on any atom is -0.388 e. The lowest BCUT2D eigenvalue weighted by molar-refractivity contribution is -0.136. The Morgan fingerprint density at radius 3 is 2.53 bits per heavy atom. The summed E-state index contributed by atoms with van der Waals surface area (Å²) in [7, 11) is 0. The van der Waals surface area contributed by atoms with E-state index in [1.165, 1.54) is 0 Å². The van der Waals surface area contributed by atoms with Gasteiger partial charge < -0.3 is 19.3 Å². The highest BCUT2D eigenvalue weighted by Gasteiger charge is 2.47. The Hall–Kier alpha value is -0.940. The first-order valence-electron chi connectivity index (χ1n) is 5.91. The Balaban J connectivity index is 1.80. The van der Waals surface area contributed by atoms with Gasteiger partial charge in [-0.1, -0.05) is 30.3 Å². The molecule has 92 valence electrons. The van der Waals surface area contributed by atoms with Crippen molar-refractivity contribution >= 4 is 0 Å². The van der Waals surface area contributed by atoms with Gasteiger partial charge in [-0.25, -0.2) is 0 Å². The first kappa shape index (κ1) is 11.2. The minimum atomic E-state index is -0.607. The second-order valence-corrected chi connectivity index (χ2v) is 4.55. The third kappa shape index (κ3) is 1.98. The van der Waals surface area contributed by atoms with E-state index in [4.69, 9.17) is 14.2 Å². The number of rotatable bonds is 1. The molecule has 2 aliphatic rings. The van der Waals surface area contributed by atoms with Crippen molar-refractivity contribution in [2.45, 2.75) is 37.6 Å². The van der Waals surface area contributed by atoms with Crippen molar-refractivity contribution in [1.29, 1.82) is 0 Å². The third-order valence-corrected chi connectivity index (χ3v) is 3.33. The van der Waals surface area contributed by atoms with Gasteiger partial charge in [0.1, 0.15) is 18.3 Å². The molecule has 0 spiro atoms. The molecule has 0 radical (unpaired) electrons. The van der Waals surface area contributed by atoms with Gasteiger partial charge in [-0.2, -0.15) is 0 Å². The average molecular weight is 236 g/mol. The van der Waals surface area contributed by atoms with Crippen LogP contribution in [0.15, 0.2) is 30.3 Å². The Morgan fingerprint density at radius 2 is 1.82 bits per heavy atom. The number of ether oxygens (including phenoxy) is 3. The van der Waals surface area contributed by atoms with Gasteiger partial charge in [0.25, 0.3) is 0 Å². The lowest BCUT2D eigenvalue weighted by Gasteiger charge is -2.32. The molecule has 3 unspecified atom stereocenters. The van der Waals surface area contributed by atoms with Gasteiger partial charge in [0.2, 0.25) is 0 Å². The normalized spacial score (nSPS) is 41.2. The Labute approximate surface area is 100 Å². The molecule has 3 rings (SSSR count). The molecule has 1 N–H and O–H groups in total. The van der Waals surface area contributed by atoms with Crippen LogP contribution in [0, 0.1) is 0 Å². The number of aliphatic hydroxyl groups excluding tert-OH is 1. The highest BCUT2D eigenvalue weighted by atomic mass is 16.7. The molecule has 1 aromatic rings. The molecule has 4 heteroatoms. The topological polar surface area (TPSA) is 47.9 Å². The predicted octanol–water partition coefficient (Wildman–Crippen LogP) is 1.25. The Morgan fingerprint density at radius 1 is 1.12 bits per heavy atom. The molecule has 0 saturated carbocycles. The molecule has 17 heavy (non-hydrogen) atoms. The molecule has 4 nitrogen and oxygen atoms in total. The van der Waals surface area contributed by atoms with Crippen LogP contribution in [0.25, 0.3) is 0 Å². The summed E-state index contributed by atoms with van der Waals surface area (Å²) in [5.74, 6) is 0. The van der Waals surface area contributed by atoms with E-state index in [0.29, 0.717) is 6.61 Å². The van der Waals surface area contributed by atoms with Gasteiger partial charge in [0.05, 0.1) is 12.7 Å². The largest absolute Gasteiger partial charge is 0.388 e. The predicted molar refractivity (Wildman–Crippen MR) is 60.3 cm³/mol. The van der Waals surface area contributed by atoms with E-state index in [9.17, 15) is 5.11 Å². The van der Waals surface area contributed by atoms with E-state index in [0.717, 1.165) is 5.56 Å². The number of fused-ring (bicyclic) bond motifs is 1. The molecule has 5 atom stereocenters. The van der Waals surface area contributed by atoms with Gasteiger partial charge >= 0.3 is 0 Å². The highest BCUT2D eigenvalue weighted by molar-refractivity contribution is 5.17. The van der Waals surface area contributed by atoms with Crippen LogP contribution >= 0.6 is 0 Å².